The molecule has 6 heteroatoms. The van der Waals surface area contributed by atoms with Crippen molar-refractivity contribution in [3.05, 3.63) is 35.9 Å². The van der Waals surface area contributed by atoms with Crippen molar-refractivity contribution in [1.29, 1.82) is 0 Å². The smallest absolute Gasteiger partial charge is 0.410 e. The fraction of sp³-hybridized carbons (Fsp3) is 0.696. The maximum absolute atomic E-state index is 12.8. The Kier molecular flexibility index (Phi) is 7.21. The average molecular weight is 423 g/mol. The van der Waals surface area contributed by atoms with Gasteiger partial charge >= 0.3 is 6.09 Å². The van der Waals surface area contributed by atoms with Gasteiger partial charge in [0, 0.05) is 18.1 Å². The molecule has 164 valence electrons. The van der Waals surface area contributed by atoms with Crippen molar-refractivity contribution in [3.8, 4) is 0 Å². The van der Waals surface area contributed by atoms with E-state index < -0.39 is 16.6 Å². The number of benzene rings is 1. The highest BCUT2D eigenvalue weighted by Gasteiger charge is 2.43. The molecular formula is C23H38N2O3S. The third-order valence-corrected chi connectivity index (χ3v) is 6.76. The standard InChI is InChI=1S/C23H38N2O3S/c1-21(2,3)28-20(26)25-16-17(15-23(25,7)8)14-19(18-12-10-9-11-13-18)24-29(27)22(4,5)6/h9-13,17,19,24H,14-16H2,1-8H3/t17-,19?,29?/m0/s1. The topological polar surface area (TPSA) is 58.6 Å². The van der Waals surface area contributed by atoms with Crippen LogP contribution in [-0.2, 0) is 15.7 Å². The van der Waals surface area contributed by atoms with E-state index in [2.05, 4.69) is 30.7 Å². The summed E-state index contributed by atoms with van der Waals surface area (Å²) in [6.45, 7) is 16.4. The van der Waals surface area contributed by atoms with Crippen LogP contribution in [0.4, 0.5) is 4.79 Å². The molecule has 1 saturated heterocycles. The van der Waals surface area contributed by atoms with Gasteiger partial charge in [0.2, 0.25) is 0 Å². The van der Waals surface area contributed by atoms with Crippen LogP contribution < -0.4 is 4.72 Å². The Labute approximate surface area is 179 Å². The summed E-state index contributed by atoms with van der Waals surface area (Å²) in [4.78, 5) is 14.6. The number of nitrogens with one attached hydrogen (secondary N) is 1. The lowest BCUT2D eigenvalue weighted by Crippen LogP contribution is -2.45. The first-order valence-electron chi connectivity index (χ1n) is 10.4. The van der Waals surface area contributed by atoms with Crippen LogP contribution in [0, 0.1) is 5.92 Å². The fourth-order valence-corrected chi connectivity index (χ4v) is 4.60. The lowest BCUT2D eigenvalue weighted by atomic mass is 9.90. The summed E-state index contributed by atoms with van der Waals surface area (Å²) >= 11 is 0. The summed E-state index contributed by atoms with van der Waals surface area (Å²) in [5.41, 5.74) is 0.346. The zero-order chi connectivity index (χ0) is 22.0. The van der Waals surface area contributed by atoms with Crippen molar-refractivity contribution in [1.82, 2.24) is 9.62 Å². The van der Waals surface area contributed by atoms with Crippen molar-refractivity contribution in [3.63, 3.8) is 0 Å². The Morgan fingerprint density at radius 3 is 2.31 bits per heavy atom. The maximum atomic E-state index is 12.8. The van der Waals surface area contributed by atoms with E-state index >= 15 is 0 Å². The molecule has 0 aliphatic carbocycles. The summed E-state index contributed by atoms with van der Waals surface area (Å²) in [5, 5.41) is 0. The first-order chi connectivity index (χ1) is 13.2. The minimum Gasteiger partial charge on any atom is -0.444 e. The van der Waals surface area contributed by atoms with E-state index in [1.165, 1.54) is 0 Å². The second-order valence-corrected chi connectivity index (χ2v) is 12.7. The van der Waals surface area contributed by atoms with Crippen LogP contribution in [0.15, 0.2) is 30.3 Å². The third-order valence-electron chi connectivity index (χ3n) is 5.15. The Morgan fingerprint density at radius 1 is 1.21 bits per heavy atom. The molecule has 1 N–H and O–H groups in total. The quantitative estimate of drug-likeness (QED) is 0.709. The predicted octanol–water partition coefficient (Wildman–Crippen LogP) is 5.21. The second kappa shape index (κ2) is 8.76. The van der Waals surface area contributed by atoms with Gasteiger partial charge in [-0.3, -0.25) is 0 Å². The van der Waals surface area contributed by atoms with Crippen LogP contribution in [0.1, 0.15) is 79.8 Å². The monoisotopic (exact) mass is 422 g/mol. The van der Waals surface area contributed by atoms with E-state index in [1.54, 1.807) is 0 Å². The highest BCUT2D eigenvalue weighted by atomic mass is 32.2. The summed E-state index contributed by atoms with van der Waals surface area (Å²) in [7, 11) is -1.17. The maximum Gasteiger partial charge on any atom is 0.410 e. The van der Waals surface area contributed by atoms with Crippen LogP contribution in [0.3, 0.4) is 0 Å². The Balaban J connectivity index is 2.17. The number of hydrogen-bond donors (Lipinski definition) is 1. The largest absolute Gasteiger partial charge is 0.444 e. The number of nitrogens with zero attached hydrogens (tertiary/aromatic N) is 1. The molecule has 1 amide bonds. The van der Waals surface area contributed by atoms with Crippen molar-refractivity contribution in [2.24, 2.45) is 5.92 Å². The van der Waals surface area contributed by atoms with Gasteiger partial charge in [0.15, 0.2) is 0 Å². The van der Waals surface area contributed by atoms with Crippen molar-refractivity contribution in [2.75, 3.05) is 6.54 Å². The molecule has 29 heavy (non-hydrogen) atoms. The van der Waals surface area contributed by atoms with Crippen molar-refractivity contribution < 1.29 is 13.7 Å². The van der Waals surface area contributed by atoms with Gasteiger partial charge in [0.05, 0.1) is 15.7 Å². The van der Waals surface area contributed by atoms with Crippen LogP contribution in [-0.4, -0.2) is 37.6 Å². The molecule has 0 radical (unpaired) electrons. The first kappa shape index (κ1) is 23.9. The molecule has 1 aliphatic rings. The van der Waals surface area contributed by atoms with E-state index in [4.69, 9.17) is 4.74 Å². The number of amides is 1. The number of rotatable bonds is 5. The van der Waals surface area contributed by atoms with Gasteiger partial charge in [0.25, 0.3) is 0 Å². The molecule has 0 spiro atoms. The molecule has 1 aliphatic heterocycles. The highest BCUT2D eigenvalue weighted by molar-refractivity contribution is 7.84. The molecule has 0 saturated carbocycles. The second-order valence-electron chi connectivity index (χ2n) is 10.7. The molecular weight excluding hydrogens is 384 g/mol. The molecule has 1 aromatic carbocycles. The van der Waals surface area contributed by atoms with Crippen molar-refractivity contribution >= 4 is 17.1 Å². The SMILES string of the molecule is CC(C)(C)OC(=O)N1C[C@@H](CC(NS(=O)C(C)(C)C)c2ccccc2)CC1(C)C. The van der Waals surface area contributed by atoms with Gasteiger partial charge in [-0.1, -0.05) is 30.3 Å². The Bertz CT molecular complexity index is 720. The average Bonchev–Trinajstić information content (AvgIpc) is 2.87. The first-order valence-corrected chi connectivity index (χ1v) is 11.6. The molecule has 3 atom stereocenters. The number of likely N-dealkylation sites (tertiary alicyclic amines) is 1. The van der Waals surface area contributed by atoms with Crippen LogP contribution in [0.25, 0.3) is 0 Å². The molecule has 2 rings (SSSR count). The number of carbonyl (C=O) groups excluding carboxylic acids is 1. The van der Waals surface area contributed by atoms with Gasteiger partial charge in [-0.15, -0.1) is 0 Å². The molecule has 5 nitrogen and oxygen atoms in total. The van der Waals surface area contributed by atoms with E-state index in [0.29, 0.717) is 12.5 Å². The summed E-state index contributed by atoms with van der Waals surface area (Å²) in [6, 6.07) is 10.1. The number of ether oxygens (including phenoxy) is 1. The number of hydrogen-bond acceptors (Lipinski definition) is 3. The molecule has 1 heterocycles. The predicted molar refractivity (Wildman–Crippen MR) is 120 cm³/mol. The van der Waals surface area contributed by atoms with Gasteiger partial charge < -0.3 is 9.64 Å². The number of carbonyl (C=O) groups is 1. The van der Waals surface area contributed by atoms with E-state index in [9.17, 15) is 9.00 Å². The van der Waals surface area contributed by atoms with Crippen LogP contribution >= 0.6 is 0 Å². The molecule has 1 fully saturated rings. The molecule has 1 aromatic rings. The van der Waals surface area contributed by atoms with Gasteiger partial charge in [0.1, 0.15) is 5.60 Å². The molecule has 0 bridgehead atoms. The van der Waals surface area contributed by atoms with Crippen LogP contribution in [0.2, 0.25) is 0 Å². The Hall–Kier alpha value is -1.40. The van der Waals surface area contributed by atoms with Gasteiger partial charge in [-0.05, 0) is 79.7 Å². The minimum atomic E-state index is -1.17. The minimum absolute atomic E-state index is 0.0318. The normalized spacial score (nSPS) is 21.7. The zero-order valence-corrected chi connectivity index (χ0v) is 20.1. The van der Waals surface area contributed by atoms with Gasteiger partial charge in [-0.2, -0.15) is 0 Å². The van der Waals surface area contributed by atoms with Crippen LogP contribution in [0.5, 0.6) is 0 Å². The fourth-order valence-electron chi connectivity index (χ4n) is 3.76. The summed E-state index contributed by atoms with van der Waals surface area (Å²) in [6.07, 6.45) is 1.45. The van der Waals surface area contributed by atoms with E-state index in [1.807, 2.05) is 64.6 Å². The van der Waals surface area contributed by atoms with E-state index in [-0.39, 0.29) is 22.4 Å². The van der Waals surface area contributed by atoms with Gasteiger partial charge in [-0.25, -0.2) is 13.7 Å². The lowest BCUT2D eigenvalue weighted by molar-refractivity contribution is 0.0130. The van der Waals surface area contributed by atoms with E-state index in [0.717, 1.165) is 18.4 Å². The van der Waals surface area contributed by atoms with Crippen molar-refractivity contribution in [2.45, 2.75) is 90.2 Å². The third kappa shape index (κ3) is 6.82. The summed E-state index contributed by atoms with van der Waals surface area (Å²) in [5.74, 6) is 0.298. The lowest BCUT2D eigenvalue weighted by Gasteiger charge is -2.33. The Morgan fingerprint density at radius 2 is 1.79 bits per heavy atom. The zero-order valence-electron chi connectivity index (χ0n) is 19.2. The molecule has 0 aromatic heterocycles. The molecule has 2 unspecified atom stereocenters. The summed E-state index contributed by atoms with van der Waals surface area (Å²) < 4.78 is 21.4. The highest BCUT2D eigenvalue weighted by Crippen LogP contribution is 2.38.